The van der Waals surface area contributed by atoms with Crippen LogP contribution in [0.4, 0.5) is 10.1 Å². The van der Waals surface area contributed by atoms with E-state index in [4.69, 9.17) is 12.2 Å². The van der Waals surface area contributed by atoms with E-state index in [-0.39, 0.29) is 5.82 Å². The van der Waals surface area contributed by atoms with Crippen molar-refractivity contribution < 1.29 is 4.39 Å². The minimum Gasteiger partial charge on any atom is -0.362 e. The zero-order valence-electron chi connectivity index (χ0n) is 13.0. The minimum atomic E-state index is -0.333. The second kappa shape index (κ2) is 8.99. The van der Waals surface area contributed by atoms with Crippen LogP contribution in [-0.4, -0.2) is 11.7 Å². The summed E-state index contributed by atoms with van der Waals surface area (Å²) < 4.78 is 14.5. The van der Waals surface area contributed by atoms with Crippen LogP contribution in [0.25, 0.3) is 0 Å². The summed E-state index contributed by atoms with van der Waals surface area (Å²) in [6, 6.07) is 15.2. The van der Waals surface area contributed by atoms with Gasteiger partial charge < -0.3 is 10.6 Å². The number of anilines is 1. The quantitative estimate of drug-likeness (QED) is 0.662. The molecule has 23 heavy (non-hydrogen) atoms. The molecule has 2 aromatic carbocycles. The molecule has 0 aromatic heterocycles. The summed E-state index contributed by atoms with van der Waals surface area (Å²) in [4.78, 5) is 0. The molecular weight excluding hydrogens is 375 g/mol. The van der Waals surface area contributed by atoms with Crippen LogP contribution >= 0.6 is 28.1 Å². The molecule has 2 nitrogen and oxygen atoms in total. The average Bonchev–Trinajstić information content (AvgIpc) is 2.55. The van der Waals surface area contributed by atoms with Gasteiger partial charge in [0.1, 0.15) is 5.82 Å². The third-order valence-electron chi connectivity index (χ3n) is 3.68. The third kappa shape index (κ3) is 5.92. The van der Waals surface area contributed by atoms with Crippen molar-refractivity contribution in [1.82, 2.24) is 5.32 Å². The van der Waals surface area contributed by atoms with E-state index in [0.29, 0.717) is 21.2 Å². The molecular formula is C18H20BrFN2S. The first-order valence-electron chi connectivity index (χ1n) is 7.62. The third-order valence-corrected chi connectivity index (χ3v) is 4.41. The van der Waals surface area contributed by atoms with Crippen molar-refractivity contribution in [2.75, 3.05) is 11.9 Å². The monoisotopic (exact) mass is 394 g/mol. The Morgan fingerprint density at radius 3 is 2.61 bits per heavy atom. The number of benzene rings is 2. The zero-order chi connectivity index (χ0) is 16.7. The first-order chi connectivity index (χ1) is 11.1. The van der Waals surface area contributed by atoms with Crippen LogP contribution in [0.15, 0.2) is 53.0 Å². The highest BCUT2D eigenvalue weighted by atomic mass is 79.9. The molecule has 0 aliphatic rings. The van der Waals surface area contributed by atoms with Crippen LogP contribution in [0.5, 0.6) is 0 Å². The summed E-state index contributed by atoms with van der Waals surface area (Å²) in [5.74, 6) is 0.145. The normalized spacial score (nSPS) is 11.8. The van der Waals surface area contributed by atoms with Crippen LogP contribution in [0.3, 0.4) is 0 Å². The molecule has 0 radical (unpaired) electrons. The van der Waals surface area contributed by atoms with Gasteiger partial charge in [-0.1, -0.05) is 59.6 Å². The van der Waals surface area contributed by atoms with Crippen LogP contribution < -0.4 is 10.6 Å². The molecule has 0 fully saturated rings. The molecule has 0 spiro atoms. The van der Waals surface area contributed by atoms with Gasteiger partial charge in [-0.25, -0.2) is 4.39 Å². The van der Waals surface area contributed by atoms with E-state index in [1.807, 2.05) is 6.07 Å². The van der Waals surface area contributed by atoms with Gasteiger partial charge in [0.2, 0.25) is 0 Å². The molecule has 0 amide bonds. The molecule has 1 atom stereocenters. The maximum absolute atomic E-state index is 13.8. The Labute approximate surface area is 150 Å². The van der Waals surface area contributed by atoms with E-state index in [9.17, 15) is 4.39 Å². The molecule has 122 valence electrons. The summed E-state index contributed by atoms with van der Waals surface area (Å²) in [5, 5.41) is 6.53. The van der Waals surface area contributed by atoms with Crippen molar-refractivity contribution in [2.45, 2.75) is 19.8 Å². The van der Waals surface area contributed by atoms with E-state index in [1.165, 1.54) is 11.6 Å². The minimum absolute atomic E-state index is 0.333. The molecule has 0 bridgehead atoms. The van der Waals surface area contributed by atoms with Gasteiger partial charge >= 0.3 is 0 Å². The van der Waals surface area contributed by atoms with Gasteiger partial charge in [-0.05, 0) is 48.3 Å². The second-order valence-corrected chi connectivity index (χ2v) is 6.75. The smallest absolute Gasteiger partial charge is 0.170 e. The lowest BCUT2D eigenvalue weighted by Gasteiger charge is -2.18. The van der Waals surface area contributed by atoms with Gasteiger partial charge in [-0.2, -0.15) is 0 Å². The lowest BCUT2D eigenvalue weighted by Crippen LogP contribution is -2.33. The molecule has 0 saturated carbocycles. The Balaban J connectivity index is 1.84. The highest BCUT2D eigenvalue weighted by Crippen LogP contribution is 2.19. The topological polar surface area (TPSA) is 24.1 Å². The molecule has 2 aromatic rings. The largest absolute Gasteiger partial charge is 0.362 e. The Hall–Kier alpha value is -1.46. The lowest BCUT2D eigenvalue weighted by atomic mass is 9.97. The van der Waals surface area contributed by atoms with Crippen LogP contribution in [0.1, 0.15) is 18.9 Å². The fourth-order valence-electron chi connectivity index (χ4n) is 2.30. The Bertz CT molecular complexity index is 649. The summed E-state index contributed by atoms with van der Waals surface area (Å²) in [6.07, 6.45) is 2.05. The van der Waals surface area contributed by atoms with Crippen molar-refractivity contribution in [1.29, 1.82) is 0 Å². The zero-order valence-corrected chi connectivity index (χ0v) is 15.4. The maximum atomic E-state index is 13.8. The van der Waals surface area contributed by atoms with Crippen molar-refractivity contribution in [3.8, 4) is 0 Å². The van der Waals surface area contributed by atoms with Gasteiger partial charge in [-0.3, -0.25) is 0 Å². The van der Waals surface area contributed by atoms with Gasteiger partial charge in [0.05, 0.1) is 5.69 Å². The number of hydrogen-bond donors (Lipinski definition) is 2. The van der Waals surface area contributed by atoms with E-state index in [0.717, 1.165) is 19.4 Å². The van der Waals surface area contributed by atoms with Gasteiger partial charge in [0, 0.05) is 11.0 Å². The fourth-order valence-corrected chi connectivity index (χ4v) is 2.83. The average molecular weight is 395 g/mol. The predicted octanol–water partition coefficient (Wildman–Crippen LogP) is 5.14. The maximum Gasteiger partial charge on any atom is 0.170 e. The lowest BCUT2D eigenvalue weighted by molar-refractivity contribution is 0.498. The molecule has 0 unspecified atom stereocenters. The molecule has 0 saturated heterocycles. The van der Waals surface area contributed by atoms with Crippen molar-refractivity contribution >= 4 is 38.9 Å². The van der Waals surface area contributed by atoms with E-state index >= 15 is 0 Å². The van der Waals surface area contributed by atoms with Gasteiger partial charge in [0.25, 0.3) is 0 Å². The predicted molar refractivity (Wildman–Crippen MR) is 102 cm³/mol. The first kappa shape index (κ1) is 17.9. The van der Waals surface area contributed by atoms with Crippen molar-refractivity contribution in [3.05, 3.63) is 64.4 Å². The number of thiocarbonyl (C=S) groups is 1. The number of hydrogen-bond acceptors (Lipinski definition) is 1. The van der Waals surface area contributed by atoms with Crippen LogP contribution in [0, 0.1) is 11.7 Å². The Morgan fingerprint density at radius 1 is 1.22 bits per heavy atom. The number of rotatable bonds is 6. The van der Waals surface area contributed by atoms with Crippen molar-refractivity contribution in [3.63, 3.8) is 0 Å². The first-order valence-corrected chi connectivity index (χ1v) is 8.82. The van der Waals surface area contributed by atoms with E-state index in [1.54, 1.807) is 12.1 Å². The summed E-state index contributed by atoms with van der Waals surface area (Å²) in [5.41, 5.74) is 1.70. The molecule has 0 heterocycles. The second-order valence-electron chi connectivity index (χ2n) is 5.42. The fraction of sp³-hybridized carbons (Fsp3) is 0.278. The van der Waals surface area contributed by atoms with E-state index < -0.39 is 0 Å². The highest BCUT2D eigenvalue weighted by Gasteiger charge is 2.09. The number of nitrogens with one attached hydrogen (secondary N) is 2. The molecule has 5 heteroatoms. The molecule has 2 rings (SSSR count). The summed E-state index contributed by atoms with van der Waals surface area (Å²) in [6.45, 7) is 2.93. The molecule has 2 N–H and O–H groups in total. The van der Waals surface area contributed by atoms with Gasteiger partial charge in [-0.15, -0.1) is 0 Å². The van der Waals surface area contributed by atoms with E-state index in [2.05, 4.69) is 57.8 Å². The standard InChI is InChI=1S/C18H20BrFN2S/c1-2-13(10-14-6-4-3-5-7-14)12-21-18(23)22-17-9-8-15(19)11-16(17)20/h3-9,11,13H,2,10,12H2,1H3,(H2,21,22,23)/t13-/m0/s1. The molecule has 0 aliphatic heterocycles. The highest BCUT2D eigenvalue weighted by molar-refractivity contribution is 9.10. The Kier molecular flexibility index (Phi) is 6.99. The Morgan fingerprint density at radius 2 is 1.96 bits per heavy atom. The summed E-state index contributed by atoms with van der Waals surface area (Å²) in [7, 11) is 0. The van der Waals surface area contributed by atoms with Gasteiger partial charge in [0.15, 0.2) is 5.11 Å². The van der Waals surface area contributed by atoms with Crippen molar-refractivity contribution in [2.24, 2.45) is 5.92 Å². The SMILES string of the molecule is CC[C@H](CNC(=S)Nc1ccc(Br)cc1F)Cc1ccccc1. The number of halogens is 2. The molecule has 0 aliphatic carbocycles. The van der Waals surface area contributed by atoms with Crippen LogP contribution in [0.2, 0.25) is 0 Å². The summed E-state index contributed by atoms with van der Waals surface area (Å²) >= 11 is 8.50. The van der Waals surface area contributed by atoms with Crippen LogP contribution in [-0.2, 0) is 6.42 Å².